The molecule has 1 aromatic heterocycles. The van der Waals surface area contributed by atoms with E-state index in [-0.39, 0.29) is 34.7 Å². The number of likely N-dealkylation sites (N-methyl/N-ethyl adjacent to an activating group) is 1. The summed E-state index contributed by atoms with van der Waals surface area (Å²) in [7, 11) is 1.50. The summed E-state index contributed by atoms with van der Waals surface area (Å²) < 4.78 is 26.8. The van der Waals surface area contributed by atoms with Crippen molar-refractivity contribution in [3.8, 4) is 0 Å². The molecule has 0 unspecified atom stereocenters. The molecule has 0 radical (unpaired) electrons. The number of Topliss-reactive ketones (excluding diaryl/α,β-unsaturated/α-hetero) is 1. The van der Waals surface area contributed by atoms with Crippen molar-refractivity contribution in [3.05, 3.63) is 100 Å². The molecule has 0 bridgehead atoms. The Morgan fingerprint density at radius 3 is 2.50 bits per heavy atom. The van der Waals surface area contributed by atoms with Gasteiger partial charge in [-0.3, -0.25) is 19.4 Å². The van der Waals surface area contributed by atoms with Gasteiger partial charge in [0, 0.05) is 37.1 Å². The SMILES string of the molecule is CN1C(=O)C(=Cc2ccc(F)c(F)c2)C(=O)c2cc(C(=O)NCc3ccncc3)ccc21. The Bertz CT molecular complexity index is 1270. The highest BCUT2D eigenvalue weighted by atomic mass is 19.2. The monoisotopic (exact) mass is 433 g/mol. The highest BCUT2D eigenvalue weighted by Crippen LogP contribution is 2.31. The zero-order chi connectivity index (χ0) is 22.8. The molecule has 1 aliphatic heterocycles. The van der Waals surface area contributed by atoms with Gasteiger partial charge in [-0.25, -0.2) is 8.78 Å². The highest BCUT2D eigenvalue weighted by molar-refractivity contribution is 6.36. The Balaban J connectivity index is 1.64. The maximum Gasteiger partial charge on any atom is 0.262 e. The van der Waals surface area contributed by atoms with E-state index in [9.17, 15) is 23.2 Å². The summed E-state index contributed by atoms with van der Waals surface area (Å²) in [6.07, 6.45) is 4.45. The number of carbonyl (C=O) groups is 3. The Morgan fingerprint density at radius 1 is 1.03 bits per heavy atom. The molecule has 1 aliphatic rings. The van der Waals surface area contributed by atoms with Gasteiger partial charge in [-0.1, -0.05) is 6.07 Å². The lowest BCUT2D eigenvalue weighted by molar-refractivity contribution is -0.114. The minimum atomic E-state index is -1.09. The molecule has 1 N–H and O–H groups in total. The lowest BCUT2D eigenvalue weighted by atomic mass is 9.92. The maximum atomic E-state index is 13.5. The third-order valence-electron chi connectivity index (χ3n) is 5.10. The first-order valence-electron chi connectivity index (χ1n) is 9.66. The number of carbonyl (C=O) groups excluding carboxylic acids is 3. The van der Waals surface area contributed by atoms with Crippen LogP contribution in [0.5, 0.6) is 0 Å². The number of halogens is 2. The predicted octanol–water partition coefficient (Wildman–Crippen LogP) is 3.53. The number of nitrogens with one attached hydrogen (secondary N) is 1. The van der Waals surface area contributed by atoms with Crippen LogP contribution in [0.15, 0.2) is 66.5 Å². The number of ketones is 1. The van der Waals surface area contributed by atoms with E-state index in [1.54, 1.807) is 24.5 Å². The molecule has 3 aromatic rings. The molecule has 2 aromatic carbocycles. The van der Waals surface area contributed by atoms with Crippen molar-refractivity contribution in [1.82, 2.24) is 10.3 Å². The Kier molecular flexibility index (Phi) is 5.59. The summed E-state index contributed by atoms with van der Waals surface area (Å²) in [6, 6.07) is 11.1. The van der Waals surface area contributed by atoms with Gasteiger partial charge in [-0.2, -0.15) is 0 Å². The van der Waals surface area contributed by atoms with Crippen molar-refractivity contribution in [1.29, 1.82) is 0 Å². The second-order valence-corrected chi connectivity index (χ2v) is 7.19. The third-order valence-corrected chi connectivity index (χ3v) is 5.10. The number of amides is 2. The highest BCUT2D eigenvalue weighted by Gasteiger charge is 2.33. The van der Waals surface area contributed by atoms with Crippen LogP contribution in [-0.4, -0.2) is 29.6 Å². The summed E-state index contributed by atoms with van der Waals surface area (Å²) in [5.74, 6) is -3.68. The number of pyridine rings is 1. The molecule has 8 heteroatoms. The molecule has 0 fully saturated rings. The number of benzene rings is 2. The second kappa shape index (κ2) is 8.50. The van der Waals surface area contributed by atoms with E-state index in [4.69, 9.17) is 0 Å². The number of rotatable bonds is 4. The summed E-state index contributed by atoms with van der Waals surface area (Å²) in [5.41, 5.74) is 1.60. The maximum absolute atomic E-state index is 13.5. The van der Waals surface area contributed by atoms with Crippen LogP contribution in [0.1, 0.15) is 31.8 Å². The summed E-state index contributed by atoms with van der Waals surface area (Å²) in [5, 5.41) is 2.77. The third kappa shape index (κ3) is 4.02. The number of aromatic nitrogens is 1. The number of anilines is 1. The summed E-state index contributed by atoms with van der Waals surface area (Å²) in [6.45, 7) is 0.284. The second-order valence-electron chi connectivity index (χ2n) is 7.19. The van der Waals surface area contributed by atoms with Crippen molar-refractivity contribution >= 4 is 29.4 Å². The van der Waals surface area contributed by atoms with Crippen molar-refractivity contribution in [2.75, 3.05) is 11.9 Å². The molecule has 6 nitrogen and oxygen atoms in total. The quantitative estimate of drug-likeness (QED) is 0.504. The lowest BCUT2D eigenvalue weighted by Crippen LogP contribution is -2.37. The predicted molar refractivity (Wildman–Crippen MR) is 114 cm³/mol. The topological polar surface area (TPSA) is 79.4 Å². The lowest BCUT2D eigenvalue weighted by Gasteiger charge is -2.27. The zero-order valence-corrected chi connectivity index (χ0v) is 16.9. The molecule has 2 heterocycles. The Morgan fingerprint density at radius 2 is 1.78 bits per heavy atom. The van der Waals surface area contributed by atoms with Crippen LogP contribution in [-0.2, 0) is 11.3 Å². The van der Waals surface area contributed by atoms with Crippen LogP contribution in [0.4, 0.5) is 14.5 Å². The van der Waals surface area contributed by atoms with Crippen LogP contribution in [0, 0.1) is 11.6 Å². The molecular weight excluding hydrogens is 416 g/mol. The standard InChI is InChI=1S/C24H17F2N3O3/c1-29-21-5-3-16(23(31)28-13-14-6-8-27-9-7-14)12-17(21)22(30)18(24(29)32)10-15-2-4-19(25)20(26)11-15/h2-12H,13H2,1H3,(H,28,31). The average molecular weight is 433 g/mol. The first-order chi connectivity index (χ1) is 15.3. The Hall–Kier alpha value is -4.20. The minimum absolute atomic E-state index is 0.164. The van der Waals surface area contributed by atoms with Gasteiger partial charge in [-0.05, 0) is 59.7 Å². The molecule has 4 rings (SSSR count). The van der Waals surface area contributed by atoms with E-state index in [1.807, 2.05) is 0 Å². The molecule has 0 atom stereocenters. The first kappa shape index (κ1) is 21.0. The largest absolute Gasteiger partial charge is 0.348 e. The summed E-state index contributed by atoms with van der Waals surface area (Å²) in [4.78, 5) is 43.6. The van der Waals surface area contributed by atoms with Gasteiger partial charge in [0.1, 0.15) is 0 Å². The molecule has 0 spiro atoms. The van der Waals surface area contributed by atoms with Gasteiger partial charge in [0.15, 0.2) is 11.6 Å². The van der Waals surface area contributed by atoms with Crippen LogP contribution >= 0.6 is 0 Å². The van der Waals surface area contributed by atoms with Crippen LogP contribution in [0.3, 0.4) is 0 Å². The number of hydrogen-bond acceptors (Lipinski definition) is 4. The van der Waals surface area contributed by atoms with E-state index in [0.717, 1.165) is 17.7 Å². The summed E-state index contributed by atoms with van der Waals surface area (Å²) >= 11 is 0. The smallest absolute Gasteiger partial charge is 0.262 e. The van der Waals surface area contributed by atoms with Crippen LogP contribution in [0.2, 0.25) is 0 Å². The van der Waals surface area contributed by atoms with E-state index in [2.05, 4.69) is 10.3 Å². The fraction of sp³-hybridized carbons (Fsp3) is 0.0833. The molecule has 2 amide bonds. The van der Waals surface area contributed by atoms with E-state index in [0.29, 0.717) is 5.69 Å². The minimum Gasteiger partial charge on any atom is -0.348 e. The molecule has 0 saturated heterocycles. The van der Waals surface area contributed by atoms with E-state index < -0.39 is 23.3 Å². The molecular formula is C24H17F2N3O3. The molecule has 0 aliphatic carbocycles. The normalized spacial score (nSPS) is 14.5. The van der Waals surface area contributed by atoms with E-state index in [1.165, 1.54) is 42.3 Å². The molecule has 0 saturated carbocycles. The van der Waals surface area contributed by atoms with Crippen molar-refractivity contribution in [3.63, 3.8) is 0 Å². The van der Waals surface area contributed by atoms with Gasteiger partial charge in [0.2, 0.25) is 5.78 Å². The Labute approximate surface area is 182 Å². The average Bonchev–Trinajstić information content (AvgIpc) is 2.81. The molecule has 160 valence electrons. The fourth-order valence-corrected chi connectivity index (χ4v) is 3.37. The van der Waals surface area contributed by atoms with Crippen molar-refractivity contribution < 1.29 is 23.2 Å². The first-order valence-corrected chi connectivity index (χ1v) is 9.66. The van der Waals surface area contributed by atoms with Gasteiger partial charge >= 0.3 is 0 Å². The van der Waals surface area contributed by atoms with E-state index >= 15 is 0 Å². The van der Waals surface area contributed by atoms with Gasteiger partial charge in [0.05, 0.1) is 11.3 Å². The van der Waals surface area contributed by atoms with Crippen molar-refractivity contribution in [2.24, 2.45) is 0 Å². The zero-order valence-electron chi connectivity index (χ0n) is 16.9. The molecule has 32 heavy (non-hydrogen) atoms. The van der Waals surface area contributed by atoms with Crippen LogP contribution < -0.4 is 10.2 Å². The van der Waals surface area contributed by atoms with Crippen molar-refractivity contribution in [2.45, 2.75) is 6.54 Å². The van der Waals surface area contributed by atoms with Gasteiger partial charge in [0.25, 0.3) is 11.8 Å². The number of fused-ring (bicyclic) bond motifs is 1. The van der Waals surface area contributed by atoms with Gasteiger partial charge < -0.3 is 10.2 Å². The number of nitrogens with zero attached hydrogens (tertiary/aromatic N) is 2. The van der Waals surface area contributed by atoms with Crippen LogP contribution in [0.25, 0.3) is 6.08 Å². The fourth-order valence-electron chi connectivity index (χ4n) is 3.37. The number of hydrogen-bond donors (Lipinski definition) is 1. The van der Waals surface area contributed by atoms with Gasteiger partial charge in [-0.15, -0.1) is 0 Å².